The highest BCUT2D eigenvalue weighted by atomic mass is 19.4. The lowest BCUT2D eigenvalue weighted by Crippen LogP contribution is -2.47. The minimum absolute atomic E-state index is 0.153. The smallest absolute Gasteiger partial charge is 0.349 e. The van der Waals surface area contributed by atoms with E-state index in [9.17, 15) is 22.8 Å². The third-order valence-corrected chi connectivity index (χ3v) is 4.64. The second kappa shape index (κ2) is 7.11. The van der Waals surface area contributed by atoms with Crippen LogP contribution in [0.5, 0.6) is 0 Å². The summed E-state index contributed by atoms with van der Waals surface area (Å²) in [5.41, 5.74) is 1.59. The molecule has 0 aliphatic carbocycles. The number of aromatic amines is 1. The number of hydrogen-bond acceptors (Lipinski definition) is 3. The summed E-state index contributed by atoms with van der Waals surface area (Å²) in [4.78, 5) is 28.1. The molecule has 0 spiro atoms. The van der Waals surface area contributed by atoms with Gasteiger partial charge in [-0.15, -0.1) is 0 Å². The Hall–Kier alpha value is -2.35. The van der Waals surface area contributed by atoms with Crippen LogP contribution in [-0.2, 0) is 0 Å². The Morgan fingerprint density at radius 3 is 2.62 bits per heavy atom. The van der Waals surface area contributed by atoms with Crippen molar-refractivity contribution in [2.75, 3.05) is 19.6 Å². The topological polar surface area (TPSA) is 65.2 Å². The van der Waals surface area contributed by atoms with Crippen molar-refractivity contribution in [1.82, 2.24) is 15.2 Å². The van der Waals surface area contributed by atoms with E-state index in [1.807, 2.05) is 6.92 Å². The molecule has 1 amide bonds. The number of carbonyl (C=O) groups excluding carboxylic acids is 1. The summed E-state index contributed by atoms with van der Waals surface area (Å²) in [6.07, 6.45) is -3.24. The number of pyridine rings is 1. The number of benzene rings is 1. The molecule has 1 aliphatic heterocycles. The standard InChI is InChI=1S/C18H20F3N3O2/c1-11-8-16(25)23-15-9-12(2-3-14(11)15)17(26)22-13-4-6-24(7-5-13)10-18(19,20)21/h2-3,8-9,13H,4-7,10H2,1H3,(H,22,26)(H,23,25). The zero-order valence-electron chi connectivity index (χ0n) is 14.3. The molecule has 3 rings (SSSR count). The van der Waals surface area contributed by atoms with Gasteiger partial charge >= 0.3 is 6.18 Å². The van der Waals surface area contributed by atoms with Gasteiger partial charge in [-0.1, -0.05) is 6.07 Å². The summed E-state index contributed by atoms with van der Waals surface area (Å²) in [5, 5.41) is 3.74. The number of piperidine rings is 1. The van der Waals surface area contributed by atoms with E-state index in [0.717, 1.165) is 10.9 Å². The van der Waals surface area contributed by atoms with E-state index >= 15 is 0 Å². The number of halogens is 3. The van der Waals surface area contributed by atoms with Crippen LogP contribution >= 0.6 is 0 Å². The van der Waals surface area contributed by atoms with E-state index in [1.165, 1.54) is 11.0 Å². The lowest BCUT2D eigenvalue weighted by molar-refractivity contribution is -0.148. The largest absolute Gasteiger partial charge is 0.401 e. The molecule has 0 unspecified atom stereocenters. The highest BCUT2D eigenvalue weighted by Gasteiger charge is 2.32. The summed E-state index contributed by atoms with van der Waals surface area (Å²) in [7, 11) is 0. The molecule has 1 aromatic heterocycles. The number of carbonyl (C=O) groups is 1. The van der Waals surface area contributed by atoms with E-state index in [1.54, 1.807) is 18.2 Å². The first-order valence-corrected chi connectivity index (χ1v) is 8.45. The number of aryl methyl sites for hydroxylation is 1. The number of H-pyrrole nitrogens is 1. The lowest BCUT2D eigenvalue weighted by Gasteiger charge is -2.32. The van der Waals surface area contributed by atoms with Crippen molar-refractivity contribution in [3.8, 4) is 0 Å². The quantitative estimate of drug-likeness (QED) is 0.877. The third-order valence-electron chi connectivity index (χ3n) is 4.64. The van der Waals surface area contributed by atoms with Crippen molar-refractivity contribution in [3.05, 3.63) is 45.7 Å². The first-order chi connectivity index (χ1) is 12.2. The number of likely N-dealkylation sites (tertiary alicyclic amines) is 1. The van der Waals surface area contributed by atoms with Crippen LogP contribution in [0.4, 0.5) is 13.2 Å². The van der Waals surface area contributed by atoms with Crippen LogP contribution in [-0.4, -0.2) is 47.6 Å². The minimum Gasteiger partial charge on any atom is -0.349 e. The fourth-order valence-electron chi connectivity index (χ4n) is 3.33. The first kappa shape index (κ1) is 18.4. The zero-order valence-corrected chi connectivity index (χ0v) is 14.3. The molecule has 2 heterocycles. The van der Waals surface area contributed by atoms with Gasteiger partial charge in [0.05, 0.1) is 6.54 Å². The number of alkyl halides is 3. The normalized spacial score (nSPS) is 16.8. The Bertz CT molecular complexity index is 868. The van der Waals surface area contributed by atoms with E-state index in [2.05, 4.69) is 10.3 Å². The van der Waals surface area contributed by atoms with Crippen molar-refractivity contribution in [1.29, 1.82) is 0 Å². The van der Waals surface area contributed by atoms with E-state index in [-0.39, 0.29) is 17.5 Å². The number of amides is 1. The number of nitrogens with one attached hydrogen (secondary N) is 2. The molecule has 2 aromatic rings. The van der Waals surface area contributed by atoms with Crippen molar-refractivity contribution < 1.29 is 18.0 Å². The monoisotopic (exact) mass is 367 g/mol. The molecular weight excluding hydrogens is 347 g/mol. The third kappa shape index (κ3) is 4.43. The second-order valence-corrected chi connectivity index (χ2v) is 6.72. The number of rotatable bonds is 3. The van der Waals surface area contributed by atoms with Gasteiger partial charge in [0.1, 0.15) is 0 Å². The fourth-order valence-corrected chi connectivity index (χ4v) is 3.33. The molecule has 140 valence electrons. The SMILES string of the molecule is Cc1cc(=O)[nH]c2cc(C(=O)NC3CCN(CC(F)(F)F)CC3)ccc12. The summed E-state index contributed by atoms with van der Waals surface area (Å²) >= 11 is 0. The van der Waals surface area contributed by atoms with Gasteiger partial charge in [-0.25, -0.2) is 0 Å². The van der Waals surface area contributed by atoms with Crippen molar-refractivity contribution >= 4 is 16.8 Å². The predicted molar refractivity (Wildman–Crippen MR) is 92.3 cm³/mol. The molecule has 5 nitrogen and oxygen atoms in total. The Balaban J connectivity index is 1.64. The van der Waals surface area contributed by atoms with Gasteiger partial charge in [0.25, 0.3) is 5.91 Å². The Morgan fingerprint density at radius 2 is 1.96 bits per heavy atom. The van der Waals surface area contributed by atoms with Crippen molar-refractivity contribution in [2.45, 2.75) is 32.0 Å². The van der Waals surface area contributed by atoms with E-state index in [4.69, 9.17) is 0 Å². The first-order valence-electron chi connectivity index (χ1n) is 8.45. The van der Waals surface area contributed by atoms with Crippen molar-refractivity contribution in [2.24, 2.45) is 0 Å². The molecule has 1 aliphatic rings. The number of fused-ring (bicyclic) bond motifs is 1. The summed E-state index contributed by atoms with van der Waals surface area (Å²) in [5.74, 6) is -0.288. The molecule has 0 bridgehead atoms. The molecule has 0 atom stereocenters. The minimum atomic E-state index is -4.20. The Labute approximate surface area is 148 Å². The molecule has 0 radical (unpaired) electrons. The van der Waals surface area contributed by atoms with Gasteiger partial charge in [-0.05, 0) is 37.5 Å². The van der Waals surface area contributed by atoms with Gasteiger partial charge in [-0.3, -0.25) is 14.5 Å². The molecular formula is C18H20F3N3O2. The molecule has 1 saturated heterocycles. The van der Waals surface area contributed by atoms with Crippen LogP contribution in [0.1, 0.15) is 28.8 Å². The summed E-state index contributed by atoms with van der Waals surface area (Å²) in [6, 6.07) is 6.43. The maximum Gasteiger partial charge on any atom is 0.401 e. The number of nitrogens with zero attached hydrogens (tertiary/aromatic N) is 1. The highest BCUT2D eigenvalue weighted by molar-refractivity contribution is 5.98. The zero-order chi connectivity index (χ0) is 18.9. The number of aromatic nitrogens is 1. The summed E-state index contributed by atoms with van der Waals surface area (Å²) in [6.45, 7) is 1.51. The predicted octanol–water partition coefficient (Wildman–Crippen LogP) is 2.59. The molecule has 0 saturated carbocycles. The van der Waals surface area contributed by atoms with Gasteiger partial charge in [0, 0.05) is 41.7 Å². The van der Waals surface area contributed by atoms with Crippen LogP contribution in [0.25, 0.3) is 10.9 Å². The fraction of sp³-hybridized carbons (Fsp3) is 0.444. The average molecular weight is 367 g/mol. The molecule has 2 N–H and O–H groups in total. The van der Waals surface area contributed by atoms with Gasteiger partial charge < -0.3 is 10.3 Å². The van der Waals surface area contributed by atoms with Gasteiger partial charge in [0.2, 0.25) is 5.56 Å². The molecule has 1 fully saturated rings. The molecule has 26 heavy (non-hydrogen) atoms. The molecule has 8 heteroatoms. The molecule has 1 aromatic carbocycles. The lowest BCUT2D eigenvalue weighted by atomic mass is 10.0. The Kier molecular flexibility index (Phi) is 5.04. The maximum atomic E-state index is 12.4. The van der Waals surface area contributed by atoms with E-state index in [0.29, 0.717) is 37.0 Å². The van der Waals surface area contributed by atoms with E-state index < -0.39 is 12.7 Å². The highest BCUT2D eigenvalue weighted by Crippen LogP contribution is 2.20. The second-order valence-electron chi connectivity index (χ2n) is 6.72. The van der Waals surface area contributed by atoms with Crippen LogP contribution in [0.2, 0.25) is 0 Å². The van der Waals surface area contributed by atoms with Crippen molar-refractivity contribution in [3.63, 3.8) is 0 Å². The van der Waals surface area contributed by atoms with Crippen LogP contribution in [0, 0.1) is 6.92 Å². The van der Waals surface area contributed by atoms with Gasteiger partial charge in [0.15, 0.2) is 0 Å². The van der Waals surface area contributed by atoms with Crippen LogP contribution in [0.3, 0.4) is 0 Å². The van der Waals surface area contributed by atoms with Crippen LogP contribution < -0.4 is 10.9 Å². The maximum absolute atomic E-state index is 12.4. The average Bonchev–Trinajstić information content (AvgIpc) is 2.54. The number of hydrogen-bond donors (Lipinski definition) is 2. The van der Waals surface area contributed by atoms with Gasteiger partial charge in [-0.2, -0.15) is 13.2 Å². The summed E-state index contributed by atoms with van der Waals surface area (Å²) < 4.78 is 37.2. The Morgan fingerprint density at radius 1 is 1.27 bits per heavy atom. The van der Waals surface area contributed by atoms with Crippen LogP contribution in [0.15, 0.2) is 29.1 Å².